The molecule has 2 amide bonds. The van der Waals surface area contributed by atoms with Crippen LogP contribution in [0.4, 0.5) is 0 Å². The first-order chi connectivity index (χ1) is 15.5. The SMILES string of the molecule is CCOCCCN1C(=O)C(c2ccc(OC)c(OC)c2)=C(N2CCN(CCO)CC2)C1=O. The van der Waals surface area contributed by atoms with Crippen LogP contribution in [0, 0.1) is 0 Å². The first-order valence-electron chi connectivity index (χ1n) is 11.0. The minimum Gasteiger partial charge on any atom is -0.493 e. The molecule has 2 heterocycles. The van der Waals surface area contributed by atoms with E-state index in [2.05, 4.69) is 4.90 Å². The van der Waals surface area contributed by atoms with Gasteiger partial charge in [-0.25, -0.2) is 0 Å². The molecular weight excluding hydrogens is 414 g/mol. The minimum absolute atomic E-state index is 0.102. The van der Waals surface area contributed by atoms with E-state index in [1.54, 1.807) is 32.4 Å². The lowest BCUT2D eigenvalue weighted by Crippen LogP contribution is -2.48. The van der Waals surface area contributed by atoms with Gasteiger partial charge in [0.2, 0.25) is 0 Å². The molecule has 0 aromatic heterocycles. The molecule has 0 saturated carbocycles. The van der Waals surface area contributed by atoms with E-state index >= 15 is 0 Å². The van der Waals surface area contributed by atoms with Crippen LogP contribution in [0.5, 0.6) is 11.5 Å². The van der Waals surface area contributed by atoms with Crippen LogP contribution in [0.15, 0.2) is 23.9 Å². The largest absolute Gasteiger partial charge is 0.493 e. The molecule has 2 aliphatic heterocycles. The van der Waals surface area contributed by atoms with E-state index in [1.165, 1.54) is 4.90 Å². The van der Waals surface area contributed by atoms with Gasteiger partial charge in [0.05, 0.1) is 26.4 Å². The van der Waals surface area contributed by atoms with Gasteiger partial charge in [-0.15, -0.1) is 0 Å². The molecule has 0 spiro atoms. The molecule has 1 aromatic rings. The summed E-state index contributed by atoms with van der Waals surface area (Å²) >= 11 is 0. The predicted molar refractivity (Wildman–Crippen MR) is 119 cm³/mol. The Morgan fingerprint density at radius 3 is 2.31 bits per heavy atom. The highest BCUT2D eigenvalue weighted by Crippen LogP contribution is 2.36. The molecule has 1 aromatic carbocycles. The monoisotopic (exact) mass is 447 g/mol. The van der Waals surface area contributed by atoms with E-state index in [0.29, 0.717) is 74.1 Å². The number of piperazine rings is 1. The zero-order valence-electron chi connectivity index (χ0n) is 19.1. The third-order valence-electron chi connectivity index (χ3n) is 5.80. The Morgan fingerprint density at radius 1 is 0.969 bits per heavy atom. The van der Waals surface area contributed by atoms with E-state index in [1.807, 2.05) is 11.8 Å². The van der Waals surface area contributed by atoms with E-state index in [4.69, 9.17) is 14.2 Å². The van der Waals surface area contributed by atoms with E-state index in [9.17, 15) is 14.7 Å². The molecule has 0 atom stereocenters. The Labute approximate surface area is 189 Å². The van der Waals surface area contributed by atoms with Crippen molar-refractivity contribution in [2.45, 2.75) is 13.3 Å². The van der Waals surface area contributed by atoms with Gasteiger partial charge < -0.3 is 24.2 Å². The second-order valence-corrected chi connectivity index (χ2v) is 7.66. The summed E-state index contributed by atoms with van der Waals surface area (Å²) in [6, 6.07) is 5.27. The maximum atomic E-state index is 13.4. The number of nitrogens with zero attached hydrogens (tertiary/aromatic N) is 3. The fourth-order valence-corrected chi connectivity index (χ4v) is 4.12. The zero-order valence-corrected chi connectivity index (χ0v) is 19.1. The Kier molecular flexibility index (Phi) is 8.49. The smallest absolute Gasteiger partial charge is 0.277 e. The van der Waals surface area contributed by atoms with Gasteiger partial charge in [0.1, 0.15) is 5.70 Å². The summed E-state index contributed by atoms with van der Waals surface area (Å²) in [5.41, 5.74) is 1.45. The Hall–Kier alpha value is -2.62. The number of hydrogen-bond acceptors (Lipinski definition) is 8. The lowest BCUT2D eigenvalue weighted by Gasteiger charge is -2.36. The second-order valence-electron chi connectivity index (χ2n) is 7.66. The van der Waals surface area contributed by atoms with Crippen LogP contribution in [0.3, 0.4) is 0 Å². The van der Waals surface area contributed by atoms with Crippen LogP contribution in [-0.4, -0.2) is 105 Å². The average Bonchev–Trinajstić information content (AvgIpc) is 3.06. The lowest BCUT2D eigenvalue weighted by molar-refractivity contribution is -0.137. The van der Waals surface area contributed by atoms with Crippen molar-refractivity contribution in [1.29, 1.82) is 0 Å². The first-order valence-corrected chi connectivity index (χ1v) is 11.0. The highest BCUT2D eigenvalue weighted by atomic mass is 16.5. The van der Waals surface area contributed by atoms with Crippen molar-refractivity contribution in [2.24, 2.45) is 0 Å². The number of hydrogen-bond donors (Lipinski definition) is 1. The second kappa shape index (κ2) is 11.3. The number of carbonyl (C=O) groups excluding carboxylic acids is 2. The van der Waals surface area contributed by atoms with Gasteiger partial charge >= 0.3 is 0 Å². The number of ether oxygens (including phenoxy) is 3. The number of methoxy groups -OCH3 is 2. The van der Waals surface area contributed by atoms with Crippen LogP contribution >= 0.6 is 0 Å². The lowest BCUT2D eigenvalue weighted by atomic mass is 10.0. The van der Waals surface area contributed by atoms with Crippen molar-refractivity contribution >= 4 is 17.4 Å². The van der Waals surface area contributed by atoms with Crippen molar-refractivity contribution in [3.8, 4) is 11.5 Å². The zero-order chi connectivity index (χ0) is 23.1. The molecule has 176 valence electrons. The summed E-state index contributed by atoms with van der Waals surface area (Å²) in [6.07, 6.45) is 0.585. The van der Waals surface area contributed by atoms with Crippen LogP contribution in [0.1, 0.15) is 18.9 Å². The van der Waals surface area contributed by atoms with Crippen molar-refractivity contribution in [3.05, 3.63) is 29.5 Å². The highest BCUT2D eigenvalue weighted by Gasteiger charge is 2.42. The first kappa shape index (κ1) is 24.0. The van der Waals surface area contributed by atoms with Crippen molar-refractivity contribution in [1.82, 2.24) is 14.7 Å². The predicted octanol–water partition coefficient (Wildman–Crippen LogP) is 0.820. The molecule has 1 saturated heterocycles. The van der Waals surface area contributed by atoms with Crippen LogP contribution in [0.25, 0.3) is 5.57 Å². The van der Waals surface area contributed by atoms with Crippen molar-refractivity contribution in [2.75, 3.05) is 73.3 Å². The number of aliphatic hydroxyl groups excluding tert-OH is 1. The number of β-amino-alcohol motifs (C(OH)–C–C–N with tert-alkyl or cyclic N) is 1. The van der Waals surface area contributed by atoms with Gasteiger partial charge in [-0.3, -0.25) is 19.4 Å². The number of rotatable bonds is 11. The Morgan fingerprint density at radius 2 is 1.69 bits per heavy atom. The number of aliphatic hydroxyl groups is 1. The number of benzene rings is 1. The number of imide groups is 1. The quantitative estimate of drug-likeness (QED) is 0.394. The van der Waals surface area contributed by atoms with Gasteiger partial charge in [0.15, 0.2) is 11.5 Å². The summed E-state index contributed by atoms with van der Waals surface area (Å²) in [5, 5.41) is 9.21. The molecule has 32 heavy (non-hydrogen) atoms. The summed E-state index contributed by atoms with van der Waals surface area (Å²) in [5.74, 6) is 0.486. The summed E-state index contributed by atoms with van der Waals surface area (Å²) in [6.45, 7) is 6.67. The maximum Gasteiger partial charge on any atom is 0.277 e. The van der Waals surface area contributed by atoms with Gasteiger partial charge in [-0.1, -0.05) is 6.07 Å². The summed E-state index contributed by atoms with van der Waals surface area (Å²) in [4.78, 5) is 32.3. The molecule has 9 heteroatoms. The molecule has 0 unspecified atom stereocenters. The van der Waals surface area contributed by atoms with E-state index in [0.717, 1.165) is 13.1 Å². The van der Waals surface area contributed by atoms with Gasteiger partial charge in [-0.2, -0.15) is 0 Å². The molecule has 3 rings (SSSR count). The topological polar surface area (TPSA) is 91.8 Å². The molecule has 9 nitrogen and oxygen atoms in total. The van der Waals surface area contributed by atoms with Crippen LogP contribution in [0.2, 0.25) is 0 Å². The number of carbonyl (C=O) groups is 2. The highest BCUT2D eigenvalue weighted by molar-refractivity contribution is 6.35. The Bertz CT molecular complexity index is 848. The van der Waals surface area contributed by atoms with Crippen molar-refractivity contribution < 1.29 is 28.9 Å². The van der Waals surface area contributed by atoms with Gasteiger partial charge in [-0.05, 0) is 31.0 Å². The molecule has 0 bridgehead atoms. The molecule has 1 N–H and O–H groups in total. The molecule has 1 fully saturated rings. The molecule has 0 radical (unpaired) electrons. The van der Waals surface area contributed by atoms with Crippen LogP contribution < -0.4 is 9.47 Å². The number of amides is 2. The maximum absolute atomic E-state index is 13.4. The minimum atomic E-state index is -0.300. The third-order valence-corrected chi connectivity index (χ3v) is 5.80. The van der Waals surface area contributed by atoms with Crippen LogP contribution in [-0.2, 0) is 14.3 Å². The third kappa shape index (κ3) is 5.06. The molecular formula is C23H33N3O6. The fourth-order valence-electron chi connectivity index (χ4n) is 4.12. The fraction of sp³-hybridized carbons (Fsp3) is 0.565. The van der Waals surface area contributed by atoms with E-state index in [-0.39, 0.29) is 18.4 Å². The average molecular weight is 448 g/mol. The summed E-state index contributed by atoms with van der Waals surface area (Å²) in [7, 11) is 3.09. The van der Waals surface area contributed by atoms with Gasteiger partial charge in [0, 0.05) is 52.5 Å². The molecule has 0 aliphatic carbocycles. The standard InChI is InChI=1S/C23H33N3O6/c1-4-32-15-5-8-26-22(28)20(17-6-7-18(30-2)19(16-17)31-3)21(23(26)29)25-11-9-24(10-12-25)13-14-27/h6-7,16,27H,4-5,8-15H2,1-3H3. The van der Waals surface area contributed by atoms with Gasteiger partial charge in [0.25, 0.3) is 11.8 Å². The molecule has 2 aliphatic rings. The van der Waals surface area contributed by atoms with E-state index < -0.39 is 0 Å². The normalized spacial score (nSPS) is 17.5. The van der Waals surface area contributed by atoms with Crippen molar-refractivity contribution in [3.63, 3.8) is 0 Å². The Balaban J connectivity index is 1.93. The summed E-state index contributed by atoms with van der Waals surface area (Å²) < 4.78 is 16.1.